The molecule has 1 aliphatic carbocycles. The summed E-state index contributed by atoms with van der Waals surface area (Å²) in [7, 11) is -4.31. The lowest BCUT2D eigenvalue weighted by molar-refractivity contribution is -0.122. The summed E-state index contributed by atoms with van der Waals surface area (Å²) in [5, 5.41) is 5.53. The molecular formula is C42H42N2O5S. The van der Waals surface area contributed by atoms with E-state index in [2.05, 4.69) is 29.7 Å². The quantitative estimate of drug-likeness (QED) is 0.0926. The molecule has 1 aliphatic rings. The van der Waals surface area contributed by atoms with E-state index in [0.717, 1.165) is 41.5 Å². The van der Waals surface area contributed by atoms with Crippen molar-refractivity contribution < 1.29 is 22.7 Å². The molecule has 0 aliphatic heterocycles. The van der Waals surface area contributed by atoms with Crippen molar-refractivity contribution in [2.45, 2.75) is 42.9 Å². The molecule has 0 saturated heterocycles. The lowest BCUT2D eigenvalue weighted by Crippen LogP contribution is -2.53. The zero-order valence-electron chi connectivity index (χ0n) is 28.1. The molecule has 0 unspecified atom stereocenters. The van der Waals surface area contributed by atoms with Crippen LogP contribution < -0.4 is 10.6 Å². The standard InChI is InChI=1S/C42H42N2O5S/c1-2-3-17-28-43-40(45)39(44-41(46)49-29-38-36-26-15-13-24-34(36)35-25-14-16-27-37(35)38)30-50(47,48)42(31-18-7-4-8-19-31,32-20-9-5-10-21-32)33-22-11-6-12-23-33/h4-16,18-27,38-39H,2-3,17,28-30H2,1H3,(H,43,45)(H,44,46)/t39-/m0/s1. The van der Waals surface area contributed by atoms with Gasteiger partial charge in [0.25, 0.3) is 0 Å². The van der Waals surface area contributed by atoms with Crippen LogP contribution in [0.3, 0.4) is 0 Å². The smallest absolute Gasteiger partial charge is 0.407 e. The SMILES string of the molecule is CCCCCNC(=O)[C@H](CS(=O)(=O)C(c1ccccc1)(c1ccccc1)c1ccccc1)NC(=O)OCC1c2ccccc2-c2ccccc21. The summed E-state index contributed by atoms with van der Waals surface area (Å²) in [6, 6.07) is 41.7. The van der Waals surface area contributed by atoms with Crippen molar-refractivity contribution >= 4 is 21.8 Å². The van der Waals surface area contributed by atoms with Crippen LogP contribution >= 0.6 is 0 Å². The summed E-state index contributed by atoms with van der Waals surface area (Å²) >= 11 is 0. The molecule has 256 valence electrons. The number of hydrogen-bond donors (Lipinski definition) is 2. The molecule has 2 N–H and O–H groups in total. The van der Waals surface area contributed by atoms with Crippen LogP contribution in [0.25, 0.3) is 11.1 Å². The number of rotatable bonds is 14. The molecule has 6 rings (SSSR count). The maximum atomic E-state index is 15.2. The number of ether oxygens (including phenoxy) is 1. The minimum Gasteiger partial charge on any atom is -0.449 e. The Labute approximate surface area is 294 Å². The van der Waals surface area contributed by atoms with Crippen LogP contribution in [0, 0.1) is 0 Å². The highest BCUT2D eigenvalue weighted by molar-refractivity contribution is 7.92. The second-order valence-electron chi connectivity index (χ2n) is 12.6. The third kappa shape index (κ3) is 6.94. The second-order valence-corrected chi connectivity index (χ2v) is 14.8. The highest BCUT2D eigenvalue weighted by Gasteiger charge is 2.50. The minimum atomic E-state index is -4.31. The predicted molar refractivity (Wildman–Crippen MR) is 198 cm³/mol. The molecule has 50 heavy (non-hydrogen) atoms. The van der Waals surface area contributed by atoms with Gasteiger partial charge in [0.1, 0.15) is 17.4 Å². The van der Waals surface area contributed by atoms with E-state index in [1.54, 1.807) is 72.8 Å². The highest BCUT2D eigenvalue weighted by Crippen LogP contribution is 2.46. The predicted octanol–water partition coefficient (Wildman–Crippen LogP) is 7.61. The summed E-state index contributed by atoms with van der Waals surface area (Å²) in [4.78, 5) is 27.4. The van der Waals surface area contributed by atoms with E-state index < -0.39 is 38.4 Å². The van der Waals surface area contributed by atoms with Crippen LogP contribution in [0.5, 0.6) is 0 Å². The molecule has 0 heterocycles. The molecule has 7 nitrogen and oxygen atoms in total. The monoisotopic (exact) mass is 686 g/mol. The average molecular weight is 687 g/mol. The number of nitrogens with one attached hydrogen (secondary N) is 2. The Morgan fingerprint density at radius 3 is 1.62 bits per heavy atom. The van der Waals surface area contributed by atoms with Crippen LogP contribution in [0.4, 0.5) is 4.79 Å². The minimum absolute atomic E-state index is 0.0272. The summed E-state index contributed by atoms with van der Waals surface area (Å²) < 4.78 is 34.5. The molecule has 0 bridgehead atoms. The first-order valence-corrected chi connectivity index (χ1v) is 18.8. The zero-order chi connectivity index (χ0) is 35.0. The Morgan fingerprint density at radius 2 is 1.14 bits per heavy atom. The summed E-state index contributed by atoms with van der Waals surface area (Å²) in [5.41, 5.74) is 5.86. The number of sulfone groups is 1. The van der Waals surface area contributed by atoms with Gasteiger partial charge in [-0.2, -0.15) is 0 Å². The van der Waals surface area contributed by atoms with E-state index in [0.29, 0.717) is 23.2 Å². The zero-order valence-corrected chi connectivity index (χ0v) is 28.9. The first-order valence-electron chi connectivity index (χ1n) is 17.1. The topological polar surface area (TPSA) is 102 Å². The molecule has 0 saturated carbocycles. The van der Waals surface area contributed by atoms with Gasteiger partial charge in [-0.3, -0.25) is 4.79 Å². The normalized spacial score (nSPS) is 13.1. The van der Waals surface area contributed by atoms with Gasteiger partial charge in [-0.05, 0) is 45.4 Å². The first kappa shape index (κ1) is 34.6. The van der Waals surface area contributed by atoms with Crippen LogP contribution in [-0.4, -0.2) is 45.4 Å². The van der Waals surface area contributed by atoms with Gasteiger partial charge in [0, 0.05) is 12.5 Å². The van der Waals surface area contributed by atoms with Gasteiger partial charge in [-0.25, -0.2) is 13.2 Å². The molecular weight excluding hydrogens is 645 g/mol. The number of alkyl carbamates (subject to hydrolysis) is 1. The Morgan fingerprint density at radius 1 is 0.680 bits per heavy atom. The Balaban J connectivity index is 1.33. The summed E-state index contributed by atoms with van der Waals surface area (Å²) in [5.74, 6) is -1.45. The molecule has 5 aromatic carbocycles. The maximum Gasteiger partial charge on any atom is 0.407 e. The lowest BCUT2D eigenvalue weighted by Gasteiger charge is -2.36. The van der Waals surface area contributed by atoms with Crippen molar-refractivity contribution in [2.24, 2.45) is 0 Å². The number of fused-ring (bicyclic) bond motifs is 3. The summed E-state index contributed by atoms with van der Waals surface area (Å²) in [6.45, 7) is 2.45. The van der Waals surface area contributed by atoms with Crippen LogP contribution in [-0.2, 0) is 24.1 Å². The Hall–Kier alpha value is -5.21. The van der Waals surface area contributed by atoms with Crippen molar-refractivity contribution in [2.75, 3.05) is 18.9 Å². The van der Waals surface area contributed by atoms with Crippen molar-refractivity contribution in [3.05, 3.63) is 167 Å². The van der Waals surface area contributed by atoms with Gasteiger partial charge >= 0.3 is 6.09 Å². The second kappa shape index (κ2) is 15.6. The van der Waals surface area contributed by atoms with Crippen molar-refractivity contribution in [3.8, 4) is 11.1 Å². The highest BCUT2D eigenvalue weighted by atomic mass is 32.2. The van der Waals surface area contributed by atoms with Gasteiger partial charge in [0.05, 0.1) is 5.75 Å². The van der Waals surface area contributed by atoms with Crippen LogP contribution in [0.1, 0.15) is 59.9 Å². The van der Waals surface area contributed by atoms with Crippen LogP contribution in [0.2, 0.25) is 0 Å². The molecule has 0 spiro atoms. The van der Waals surface area contributed by atoms with E-state index in [1.807, 2.05) is 54.6 Å². The average Bonchev–Trinajstić information content (AvgIpc) is 3.47. The van der Waals surface area contributed by atoms with Gasteiger partial charge in [0.2, 0.25) is 5.91 Å². The van der Waals surface area contributed by atoms with E-state index in [1.165, 1.54) is 0 Å². The number of hydrogen-bond acceptors (Lipinski definition) is 5. The largest absolute Gasteiger partial charge is 0.449 e. The fourth-order valence-corrected chi connectivity index (χ4v) is 9.49. The van der Waals surface area contributed by atoms with E-state index >= 15 is 8.42 Å². The number of unbranched alkanes of at least 4 members (excludes halogenated alkanes) is 2. The van der Waals surface area contributed by atoms with Gasteiger partial charge < -0.3 is 15.4 Å². The molecule has 1 atom stereocenters. The lowest BCUT2D eigenvalue weighted by atomic mass is 9.84. The van der Waals surface area contributed by atoms with E-state index in [4.69, 9.17) is 4.74 Å². The van der Waals surface area contributed by atoms with E-state index in [-0.39, 0.29) is 12.5 Å². The fourth-order valence-electron chi connectivity index (χ4n) is 7.08. The molecule has 5 aromatic rings. The van der Waals surface area contributed by atoms with Gasteiger partial charge in [-0.15, -0.1) is 0 Å². The van der Waals surface area contributed by atoms with Crippen molar-refractivity contribution in [1.29, 1.82) is 0 Å². The third-order valence-corrected chi connectivity index (χ3v) is 11.8. The summed E-state index contributed by atoms with van der Waals surface area (Å²) in [6.07, 6.45) is 1.73. The number of amides is 2. The first-order chi connectivity index (χ1) is 24.4. The Kier molecular flexibility index (Phi) is 10.8. The van der Waals surface area contributed by atoms with Crippen LogP contribution in [0.15, 0.2) is 140 Å². The number of benzene rings is 5. The third-order valence-electron chi connectivity index (χ3n) is 9.43. The Bertz CT molecular complexity index is 1880. The maximum absolute atomic E-state index is 15.2. The number of carbonyl (C=O) groups is 2. The fraction of sp³-hybridized carbons (Fsp3) is 0.238. The molecule has 0 radical (unpaired) electrons. The van der Waals surface area contributed by atoms with E-state index in [9.17, 15) is 9.59 Å². The molecule has 8 heteroatoms. The number of carbonyl (C=O) groups excluding carboxylic acids is 2. The van der Waals surface area contributed by atoms with Gasteiger partial charge in [0.15, 0.2) is 9.84 Å². The van der Waals surface area contributed by atoms with Crippen molar-refractivity contribution in [3.63, 3.8) is 0 Å². The molecule has 2 amide bonds. The molecule has 0 aromatic heterocycles. The van der Waals surface area contributed by atoms with Crippen molar-refractivity contribution in [1.82, 2.24) is 10.6 Å². The van der Waals surface area contributed by atoms with Gasteiger partial charge in [-0.1, -0.05) is 159 Å². The molecule has 0 fully saturated rings.